The highest BCUT2D eigenvalue weighted by Crippen LogP contribution is 2.32. The number of halogens is 1. The molecule has 2 amide bonds. The Hall–Kier alpha value is -3.44. The Balaban J connectivity index is 1.23. The van der Waals surface area contributed by atoms with Gasteiger partial charge in [0, 0.05) is 31.9 Å². The van der Waals surface area contributed by atoms with Crippen molar-refractivity contribution in [2.45, 2.75) is 13.0 Å². The molecule has 2 aliphatic rings. The number of fused-ring (bicyclic) bond motifs is 1. The van der Waals surface area contributed by atoms with E-state index in [9.17, 15) is 9.59 Å². The third-order valence-electron chi connectivity index (χ3n) is 6.08. The highest BCUT2D eigenvalue weighted by molar-refractivity contribution is 7.22. The molecule has 2 fully saturated rings. The van der Waals surface area contributed by atoms with E-state index in [0.29, 0.717) is 31.0 Å². The van der Waals surface area contributed by atoms with Crippen LogP contribution >= 0.6 is 11.3 Å². The lowest BCUT2D eigenvalue weighted by molar-refractivity contribution is -0.573. The maximum atomic E-state index is 15.1. The van der Waals surface area contributed by atoms with Gasteiger partial charge in [-0.2, -0.15) is 0 Å². The van der Waals surface area contributed by atoms with Crippen LogP contribution in [-0.4, -0.2) is 62.4 Å². The maximum Gasteiger partial charge on any atom is 0.414 e. The first-order chi connectivity index (χ1) is 16.4. The Kier molecular flexibility index (Phi) is 5.96. The largest absolute Gasteiger partial charge is 0.438 e. The first-order valence-electron chi connectivity index (χ1n) is 11.1. The number of carbonyl (C=O) groups excluding carboxylic acids is 2. The molecular weight excluding hydrogens is 459 g/mol. The van der Waals surface area contributed by atoms with Crippen molar-refractivity contribution in [2.24, 2.45) is 0 Å². The van der Waals surface area contributed by atoms with Gasteiger partial charge in [-0.1, -0.05) is 11.3 Å². The van der Waals surface area contributed by atoms with Gasteiger partial charge in [-0.05, 0) is 36.4 Å². The molecule has 1 unspecified atom stereocenters. The number of benzene rings is 2. The van der Waals surface area contributed by atoms with E-state index in [1.54, 1.807) is 23.5 Å². The SMILES string of the molecule is CC(=O)[NH2+]CC1CN(c2ccc(N3CCN(c4nc5ccc(N)cc5s4)CC3)c(F)c2)C(=O)O1. The van der Waals surface area contributed by atoms with Crippen LogP contribution in [0, 0.1) is 5.82 Å². The van der Waals surface area contributed by atoms with Crippen LogP contribution in [0.3, 0.4) is 0 Å². The van der Waals surface area contributed by atoms with Crippen molar-refractivity contribution in [1.29, 1.82) is 0 Å². The highest BCUT2D eigenvalue weighted by Gasteiger charge is 2.34. The Labute approximate surface area is 199 Å². The lowest BCUT2D eigenvalue weighted by Crippen LogP contribution is -2.89. The number of carbonyl (C=O) groups is 2. The molecule has 1 atom stereocenters. The minimum absolute atomic E-state index is 0.0715. The van der Waals surface area contributed by atoms with Crippen molar-refractivity contribution in [1.82, 2.24) is 4.98 Å². The van der Waals surface area contributed by atoms with Crippen LogP contribution in [0.15, 0.2) is 36.4 Å². The summed E-state index contributed by atoms with van der Waals surface area (Å²) in [5.41, 5.74) is 8.49. The third kappa shape index (κ3) is 4.48. The summed E-state index contributed by atoms with van der Waals surface area (Å²) in [6.07, 6.45) is -0.938. The van der Waals surface area contributed by atoms with Crippen LogP contribution in [0.25, 0.3) is 10.2 Å². The number of quaternary nitrogens is 1. The first-order valence-corrected chi connectivity index (χ1v) is 12.0. The summed E-state index contributed by atoms with van der Waals surface area (Å²) in [5.74, 6) is -0.453. The number of nitrogens with two attached hydrogens (primary N) is 2. The Morgan fingerprint density at radius 3 is 2.71 bits per heavy atom. The van der Waals surface area contributed by atoms with Crippen molar-refractivity contribution >= 4 is 55.7 Å². The van der Waals surface area contributed by atoms with E-state index in [-0.39, 0.29) is 18.3 Å². The molecule has 3 heterocycles. The number of piperazine rings is 1. The van der Waals surface area contributed by atoms with Gasteiger partial charge in [-0.3, -0.25) is 10.2 Å². The average molecular weight is 486 g/mol. The first kappa shape index (κ1) is 22.4. The van der Waals surface area contributed by atoms with Crippen molar-refractivity contribution in [3.05, 3.63) is 42.2 Å². The number of nitrogens with zero attached hydrogens (tertiary/aromatic N) is 4. The minimum Gasteiger partial charge on any atom is -0.438 e. The maximum absolute atomic E-state index is 15.1. The van der Waals surface area contributed by atoms with E-state index in [2.05, 4.69) is 4.90 Å². The number of anilines is 4. The topological polar surface area (TPSA) is 109 Å². The van der Waals surface area contributed by atoms with E-state index in [0.717, 1.165) is 34.1 Å². The molecule has 3 aromatic rings. The Morgan fingerprint density at radius 1 is 1.21 bits per heavy atom. The van der Waals surface area contributed by atoms with E-state index < -0.39 is 12.2 Å². The molecule has 0 aliphatic carbocycles. The number of cyclic esters (lactones) is 1. The second-order valence-electron chi connectivity index (χ2n) is 8.50. The summed E-state index contributed by atoms with van der Waals surface area (Å²) in [5, 5.41) is 2.44. The number of amides is 2. The van der Waals surface area contributed by atoms with Crippen LogP contribution < -0.4 is 25.8 Å². The van der Waals surface area contributed by atoms with E-state index >= 15 is 4.39 Å². The quantitative estimate of drug-likeness (QED) is 0.531. The molecular formula is C23H26FN6O3S+. The molecule has 2 saturated heterocycles. The fourth-order valence-electron chi connectivity index (χ4n) is 4.28. The molecule has 4 N–H and O–H groups in total. The monoisotopic (exact) mass is 485 g/mol. The summed E-state index contributed by atoms with van der Waals surface area (Å²) >= 11 is 1.61. The van der Waals surface area contributed by atoms with Gasteiger partial charge in [0.15, 0.2) is 11.2 Å². The van der Waals surface area contributed by atoms with Gasteiger partial charge < -0.3 is 20.3 Å². The van der Waals surface area contributed by atoms with Gasteiger partial charge in [-0.15, -0.1) is 0 Å². The summed E-state index contributed by atoms with van der Waals surface area (Å²) in [6, 6.07) is 10.5. The lowest BCUT2D eigenvalue weighted by atomic mass is 10.2. The fraction of sp³-hybridized carbons (Fsp3) is 0.348. The van der Waals surface area contributed by atoms with Crippen molar-refractivity contribution in [3.63, 3.8) is 0 Å². The highest BCUT2D eigenvalue weighted by atomic mass is 32.1. The average Bonchev–Trinajstić information content (AvgIpc) is 3.40. The molecule has 0 saturated carbocycles. The predicted molar refractivity (Wildman–Crippen MR) is 130 cm³/mol. The smallest absolute Gasteiger partial charge is 0.414 e. The number of rotatable bonds is 5. The predicted octanol–water partition coefficient (Wildman–Crippen LogP) is 1.78. The van der Waals surface area contributed by atoms with Crippen LogP contribution in [0.1, 0.15) is 6.92 Å². The molecule has 0 spiro atoms. The molecule has 5 rings (SSSR count). The number of hydrogen-bond donors (Lipinski definition) is 2. The summed E-state index contributed by atoms with van der Waals surface area (Å²) < 4.78 is 21.4. The zero-order chi connectivity index (χ0) is 23.8. The van der Waals surface area contributed by atoms with Gasteiger partial charge in [0.05, 0.1) is 35.1 Å². The van der Waals surface area contributed by atoms with Gasteiger partial charge in [0.1, 0.15) is 12.4 Å². The van der Waals surface area contributed by atoms with E-state index in [1.807, 2.05) is 23.1 Å². The molecule has 178 valence electrons. The molecule has 2 aliphatic heterocycles. The van der Waals surface area contributed by atoms with Crippen LogP contribution in [0.5, 0.6) is 0 Å². The molecule has 11 heteroatoms. The molecule has 0 bridgehead atoms. The van der Waals surface area contributed by atoms with Crippen molar-refractivity contribution in [3.8, 4) is 0 Å². The van der Waals surface area contributed by atoms with Gasteiger partial charge in [0.2, 0.25) is 0 Å². The van der Waals surface area contributed by atoms with Crippen LogP contribution in [-0.2, 0) is 9.53 Å². The fourth-order valence-corrected chi connectivity index (χ4v) is 5.34. The number of hydrogen-bond acceptors (Lipinski definition) is 8. The Bertz CT molecular complexity index is 1240. The molecule has 2 aromatic carbocycles. The zero-order valence-corrected chi connectivity index (χ0v) is 19.6. The molecule has 1 aromatic heterocycles. The summed E-state index contributed by atoms with van der Waals surface area (Å²) in [6.45, 7) is 4.86. The zero-order valence-electron chi connectivity index (χ0n) is 18.7. The summed E-state index contributed by atoms with van der Waals surface area (Å²) in [7, 11) is 0. The number of aromatic nitrogens is 1. The molecule has 34 heavy (non-hydrogen) atoms. The minimum atomic E-state index is -0.527. The number of ether oxygens (including phenoxy) is 1. The second-order valence-corrected chi connectivity index (χ2v) is 9.51. The lowest BCUT2D eigenvalue weighted by Gasteiger charge is -2.36. The van der Waals surface area contributed by atoms with Gasteiger partial charge >= 0.3 is 12.0 Å². The standard InChI is InChI=1S/C23H25FN6O3S/c1-14(31)26-12-17-13-30(23(32)33-17)16-3-5-20(18(24)11-16)28-6-8-29(9-7-28)22-27-19-4-2-15(25)10-21(19)34-22/h2-5,10-11,17H,6-9,12-13,25H2,1H3,(H,26,31)/p+1. The van der Waals surface area contributed by atoms with Crippen molar-refractivity contribution < 1.29 is 24.0 Å². The number of nitrogen functional groups attached to an aromatic ring is 1. The molecule has 9 nitrogen and oxygen atoms in total. The third-order valence-corrected chi connectivity index (χ3v) is 7.16. The van der Waals surface area contributed by atoms with E-state index in [1.165, 1.54) is 23.2 Å². The van der Waals surface area contributed by atoms with Gasteiger partial charge in [-0.25, -0.2) is 19.0 Å². The number of primary amides is 1. The Morgan fingerprint density at radius 2 is 1.97 bits per heavy atom. The summed E-state index contributed by atoms with van der Waals surface area (Å²) in [4.78, 5) is 33.7. The van der Waals surface area contributed by atoms with Gasteiger partial charge in [0.25, 0.3) is 0 Å². The van der Waals surface area contributed by atoms with Crippen molar-refractivity contribution in [2.75, 3.05) is 59.7 Å². The van der Waals surface area contributed by atoms with Crippen LogP contribution in [0.2, 0.25) is 0 Å². The normalized spacial score (nSPS) is 18.6. The number of thiazole rings is 1. The van der Waals surface area contributed by atoms with Crippen LogP contribution in [0.4, 0.5) is 31.4 Å². The molecule has 0 radical (unpaired) electrons. The van der Waals surface area contributed by atoms with E-state index in [4.69, 9.17) is 15.5 Å². The second kappa shape index (κ2) is 9.07.